The quantitative estimate of drug-likeness (QED) is 0.858. The van der Waals surface area contributed by atoms with Crippen LogP contribution in [0.1, 0.15) is 17.8 Å². The summed E-state index contributed by atoms with van der Waals surface area (Å²) in [5, 5.41) is 12.7. The van der Waals surface area contributed by atoms with Crippen molar-refractivity contribution in [3.63, 3.8) is 0 Å². The second kappa shape index (κ2) is 4.63. The summed E-state index contributed by atoms with van der Waals surface area (Å²) in [6.45, 7) is 2.64. The molecule has 3 nitrogen and oxygen atoms in total. The summed E-state index contributed by atoms with van der Waals surface area (Å²) in [6, 6.07) is 7.22. The van der Waals surface area contributed by atoms with Crippen LogP contribution in [0.3, 0.4) is 0 Å². The SMILES string of the molecule is CC(CN)c1nc(-c2ccccc2O)cs1. The molecular weight excluding hydrogens is 220 g/mol. The average Bonchev–Trinajstić information content (AvgIpc) is 2.78. The molecular formula is C12H14N2OS. The second-order valence-electron chi connectivity index (χ2n) is 3.72. The molecule has 0 bridgehead atoms. The summed E-state index contributed by atoms with van der Waals surface area (Å²) < 4.78 is 0. The Kier molecular flexibility index (Phi) is 3.22. The Morgan fingerprint density at radius 2 is 2.19 bits per heavy atom. The molecule has 0 aliphatic heterocycles. The summed E-state index contributed by atoms with van der Waals surface area (Å²) in [4.78, 5) is 4.49. The van der Waals surface area contributed by atoms with Gasteiger partial charge in [-0.2, -0.15) is 0 Å². The molecule has 1 heterocycles. The van der Waals surface area contributed by atoms with E-state index in [-0.39, 0.29) is 11.7 Å². The van der Waals surface area contributed by atoms with Gasteiger partial charge in [-0.25, -0.2) is 4.98 Å². The molecule has 0 amide bonds. The molecule has 3 N–H and O–H groups in total. The standard InChI is InChI=1S/C12H14N2OS/c1-8(6-13)12-14-10(7-16-12)9-4-2-3-5-11(9)15/h2-5,7-8,15H,6,13H2,1H3. The van der Waals surface area contributed by atoms with Gasteiger partial charge >= 0.3 is 0 Å². The van der Waals surface area contributed by atoms with Crippen LogP contribution in [0.5, 0.6) is 5.75 Å². The van der Waals surface area contributed by atoms with Gasteiger partial charge in [-0.05, 0) is 12.1 Å². The molecule has 0 fully saturated rings. The van der Waals surface area contributed by atoms with Crippen molar-refractivity contribution in [1.29, 1.82) is 0 Å². The Morgan fingerprint density at radius 1 is 1.44 bits per heavy atom. The first kappa shape index (κ1) is 11.1. The fourth-order valence-electron chi connectivity index (χ4n) is 1.43. The van der Waals surface area contributed by atoms with E-state index >= 15 is 0 Å². The van der Waals surface area contributed by atoms with Crippen LogP contribution in [-0.4, -0.2) is 16.6 Å². The van der Waals surface area contributed by atoms with E-state index in [0.29, 0.717) is 6.54 Å². The fraction of sp³-hybridized carbons (Fsp3) is 0.250. The Bertz CT molecular complexity index is 481. The van der Waals surface area contributed by atoms with E-state index in [2.05, 4.69) is 4.98 Å². The molecule has 4 heteroatoms. The highest BCUT2D eigenvalue weighted by molar-refractivity contribution is 7.10. The maximum Gasteiger partial charge on any atom is 0.125 e. The number of hydrogen-bond acceptors (Lipinski definition) is 4. The van der Waals surface area contributed by atoms with Crippen LogP contribution in [0, 0.1) is 0 Å². The van der Waals surface area contributed by atoms with Gasteiger partial charge in [0.05, 0.1) is 10.7 Å². The average molecular weight is 234 g/mol. The van der Waals surface area contributed by atoms with Crippen LogP contribution in [0.4, 0.5) is 0 Å². The normalized spacial score (nSPS) is 12.6. The molecule has 0 spiro atoms. The van der Waals surface area contributed by atoms with Gasteiger partial charge < -0.3 is 10.8 Å². The fourth-order valence-corrected chi connectivity index (χ4v) is 2.32. The maximum absolute atomic E-state index is 9.71. The third kappa shape index (κ3) is 2.08. The van der Waals surface area contributed by atoms with Crippen molar-refractivity contribution in [3.8, 4) is 17.0 Å². The lowest BCUT2D eigenvalue weighted by molar-refractivity contribution is 0.477. The molecule has 0 radical (unpaired) electrons. The van der Waals surface area contributed by atoms with Crippen LogP contribution in [0.15, 0.2) is 29.6 Å². The van der Waals surface area contributed by atoms with E-state index in [1.54, 1.807) is 23.5 Å². The van der Waals surface area contributed by atoms with E-state index in [1.807, 2.05) is 24.4 Å². The number of benzene rings is 1. The van der Waals surface area contributed by atoms with Crippen molar-refractivity contribution in [2.75, 3.05) is 6.54 Å². The Labute approximate surface area is 98.6 Å². The van der Waals surface area contributed by atoms with Crippen LogP contribution >= 0.6 is 11.3 Å². The zero-order valence-electron chi connectivity index (χ0n) is 9.05. The van der Waals surface area contributed by atoms with Crippen molar-refractivity contribution < 1.29 is 5.11 Å². The van der Waals surface area contributed by atoms with Crippen LogP contribution < -0.4 is 5.73 Å². The minimum Gasteiger partial charge on any atom is -0.507 e. The van der Waals surface area contributed by atoms with Gasteiger partial charge in [0.1, 0.15) is 5.75 Å². The monoisotopic (exact) mass is 234 g/mol. The van der Waals surface area contributed by atoms with Crippen LogP contribution in [0.25, 0.3) is 11.3 Å². The number of nitrogens with zero attached hydrogens (tertiary/aromatic N) is 1. The lowest BCUT2D eigenvalue weighted by Gasteiger charge is -2.03. The van der Waals surface area contributed by atoms with E-state index < -0.39 is 0 Å². The summed E-state index contributed by atoms with van der Waals surface area (Å²) in [5.41, 5.74) is 7.19. The molecule has 0 saturated heterocycles. The van der Waals surface area contributed by atoms with Gasteiger partial charge in [0.15, 0.2) is 0 Å². The zero-order valence-corrected chi connectivity index (χ0v) is 9.87. The highest BCUT2D eigenvalue weighted by Crippen LogP contribution is 2.31. The minimum absolute atomic E-state index is 0.264. The minimum atomic E-state index is 0.264. The number of aromatic nitrogens is 1. The van der Waals surface area contributed by atoms with E-state index in [4.69, 9.17) is 5.73 Å². The number of hydrogen-bond donors (Lipinski definition) is 2. The van der Waals surface area contributed by atoms with Crippen molar-refractivity contribution in [2.45, 2.75) is 12.8 Å². The van der Waals surface area contributed by atoms with Crippen LogP contribution in [-0.2, 0) is 0 Å². The number of nitrogens with two attached hydrogens (primary N) is 1. The molecule has 2 rings (SSSR count). The largest absolute Gasteiger partial charge is 0.507 e. The Morgan fingerprint density at radius 3 is 2.88 bits per heavy atom. The molecule has 0 aliphatic rings. The lowest BCUT2D eigenvalue weighted by Crippen LogP contribution is -2.08. The van der Waals surface area contributed by atoms with E-state index in [1.165, 1.54) is 0 Å². The van der Waals surface area contributed by atoms with Crippen LogP contribution in [0.2, 0.25) is 0 Å². The van der Waals surface area contributed by atoms with Crippen molar-refractivity contribution >= 4 is 11.3 Å². The van der Waals surface area contributed by atoms with E-state index in [9.17, 15) is 5.11 Å². The van der Waals surface area contributed by atoms with Gasteiger partial charge in [-0.1, -0.05) is 19.1 Å². The van der Waals surface area contributed by atoms with Gasteiger partial charge in [-0.3, -0.25) is 0 Å². The predicted molar refractivity (Wildman–Crippen MR) is 66.7 cm³/mol. The van der Waals surface area contributed by atoms with Crippen molar-refractivity contribution in [1.82, 2.24) is 4.98 Å². The third-order valence-corrected chi connectivity index (χ3v) is 3.55. The van der Waals surface area contributed by atoms with Gasteiger partial charge in [0.25, 0.3) is 0 Å². The number of phenolic OH excluding ortho intramolecular Hbond substituents is 1. The molecule has 1 atom stereocenters. The van der Waals surface area contributed by atoms with Gasteiger partial charge in [0.2, 0.25) is 0 Å². The summed E-state index contributed by atoms with van der Waals surface area (Å²) in [7, 11) is 0. The first-order valence-electron chi connectivity index (χ1n) is 5.16. The highest BCUT2D eigenvalue weighted by atomic mass is 32.1. The predicted octanol–water partition coefficient (Wildman–Crippen LogP) is 2.58. The molecule has 2 aromatic rings. The first-order valence-corrected chi connectivity index (χ1v) is 6.04. The molecule has 1 aromatic carbocycles. The Balaban J connectivity index is 2.35. The van der Waals surface area contributed by atoms with Gasteiger partial charge in [0, 0.05) is 23.4 Å². The first-order chi connectivity index (χ1) is 7.72. The number of para-hydroxylation sites is 1. The molecule has 16 heavy (non-hydrogen) atoms. The number of aromatic hydroxyl groups is 1. The molecule has 1 aromatic heterocycles. The smallest absolute Gasteiger partial charge is 0.125 e. The summed E-state index contributed by atoms with van der Waals surface area (Å²) in [5.74, 6) is 0.532. The Hall–Kier alpha value is -1.39. The highest BCUT2D eigenvalue weighted by Gasteiger charge is 2.11. The molecule has 0 aliphatic carbocycles. The maximum atomic E-state index is 9.71. The number of rotatable bonds is 3. The van der Waals surface area contributed by atoms with E-state index in [0.717, 1.165) is 16.3 Å². The number of phenols is 1. The topological polar surface area (TPSA) is 59.1 Å². The number of thiazole rings is 1. The van der Waals surface area contributed by atoms with Crippen molar-refractivity contribution in [3.05, 3.63) is 34.7 Å². The van der Waals surface area contributed by atoms with Crippen molar-refractivity contribution in [2.24, 2.45) is 5.73 Å². The van der Waals surface area contributed by atoms with Gasteiger partial charge in [-0.15, -0.1) is 11.3 Å². The molecule has 84 valence electrons. The zero-order chi connectivity index (χ0) is 11.5. The lowest BCUT2D eigenvalue weighted by atomic mass is 10.1. The third-order valence-electron chi connectivity index (χ3n) is 2.48. The molecule has 1 unspecified atom stereocenters. The summed E-state index contributed by atoms with van der Waals surface area (Å²) >= 11 is 1.58. The second-order valence-corrected chi connectivity index (χ2v) is 4.61. The summed E-state index contributed by atoms with van der Waals surface area (Å²) in [6.07, 6.45) is 0. The molecule has 0 saturated carbocycles.